The summed E-state index contributed by atoms with van der Waals surface area (Å²) in [7, 11) is 1.70. The molecule has 0 aliphatic carbocycles. The molecule has 1 heterocycles. The van der Waals surface area contributed by atoms with Crippen molar-refractivity contribution in [2.75, 3.05) is 13.7 Å². The second-order valence-electron chi connectivity index (χ2n) is 5.16. The summed E-state index contributed by atoms with van der Waals surface area (Å²) in [6.07, 6.45) is 3.88. The van der Waals surface area contributed by atoms with E-state index in [0.717, 1.165) is 12.3 Å². The van der Waals surface area contributed by atoms with Crippen molar-refractivity contribution in [2.45, 2.75) is 44.8 Å². The molecule has 3 nitrogen and oxygen atoms in total. The van der Waals surface area contributed by atoms with E-state index in [4.69, 9.17) is 4.74 Å². The van der Waals surface area contributed by atoms with Crippen LogP contribution in [0.1, 0.15) is 31.7 Å². The normalized spacial score (nSPS) is 20.9. The lowest BCUT2D eigenvalue weighted by Gasteiger charge is -2.18. The molecule has 2 N–H and O–H groups in total. The average molecular weight is 248 g/mol. The van der Waals surface area contributed by atoms with Gasteiger partial charge in [-0.3, -0.25) is 0 Å². The van der Waals surface area contributed by atoms with Crippen LogP contribution in [0.5, 0.6) is 5.75 Å². The molecule has 0 saturated carbocycles. The van der Waals surface area contributed by atoms with Crippen LogP contribution in [0.15, 0.2) is 24.3 Å². The molecule has 1 aromatic carbocycles. The standard InChI is InChI=1S/C15H24N2O/c1-12(10-14-4-3-9-16-14)17-11-13-5-7-15(18-2)8-6-13/h5-8,12,14,16-17H,3-4,9-11H2,1-2H3. The van der Waals surface area contributed by atoms with Crippen LogP contribution in [0.2, 0.25) is 0 Å². The Kier molecular flexibility index (Phi) is 5.02. The molecule has 2 rings (SSSR count). The van der Waals surface area contributed by atoms with Crippen LogP contribution in [0.25, 0.3) is 0 Å². The Hall–Kier alpha value is -1.06. The maximum atomic E-state index is 5.15. The number of nitrogens with one attached hydrogen (secondary N) is 2. The van der Waals surface area contributed by atoms with Gasteiger partial charge in [0.1, 0.15) is 5.75 Å². The fourth-order valence-corrected chi connectivity index (χ4v) is 2.50. The van der Waals surface area contributed by atoms with Crippen molar-refractivity contribution in [2.24, 2.45) is 0 Å². The van der Waals surface area contributed by atoms with Crippen LogP contribution in [-0.2, 0) is 6.54 Å². The highest BCUT2D eigenvalue weighted by Crippen LogP contribution is 2.13. The van der Waals surface area contributed by atoms with Gasteiger partial charge in [-0.1, -0.05) is 12.1 Å². The molecule has 18 heavy (non-hydrogen) atoms. The van der Waals surface area contributed by atoms with Crippen molar-refractivity contribution in [3.63, 3.8) is 0 Å². The predicted molar refractivity (Wildman–Crippen MR) is 74.9 cm³/mol. The monoisotopic (exact) mass is 248 g/mol. The van der Waals surface area contributed by atoms with E-state index in [9.17, 15) is 0 Å². The molecule has 2 unspecified atom stereocenters. The highest BCUT2D eigenvalue weighted by molar-refractivity contribution is 5.27. The summed E-state index contributed by atoms with van der Waals surface area (Å²) in [6.45, 7) is 4.39. The highest BCUT2D eigenvalue weighted by atomic mass is 16.5. The smallest absolute Gasteiger partial charge is 0.118 e. The molecule has 1 aliphatic heterocycles. The van der Waals surface area contributed by atoms with Gasteiger partial charge in [0.05, 0.1) is 7.11 Å². The molecule has 0 aromatic heterocycles. The first-order valence-electron chi connectivity index (χ1n) is 6.87. The van der Waals surface area contributed by atoms with Crippen molar-refractivity contribution in [1.82, 2.24) is 10.6 Å². The third-order valence-corrected chi connectivity index (χ3v) is 3.61. The Bertz CT molecular complexity index is 344. The third-order valence-electron chi connectivity index (χ3n) is 3.61. The van der Waals surface area contributed by atoms with Gasteiger partial charge in [0, 0.05) is 18.6 Å². The van der Waals surface area contributed by atoms with Crippen LogP contribution in [0.4, 0.5) is 0 Å². The maximum absolute atomic E-state index is 5.15. The Morgan fingerprint density at radius 1 is 1.39 bits per heavy atom. The molecule has 0 bridgehead atoms. The minimum atomic E-state index is 0.558. The van der Waals surface area contributed by atoms with Crippen molar-refractivity contribution in [3.8, 4) is 5.75 Å². The third kappa shape index (κ3) is 4.00. The zero-order chi connectivity index (χ0) is 12.8. The molecule has 1 saturated heterocycles. The predicted octanol–water partition coefficient (Wildman–Crippen LogP) is 2.32. The van der Waals surface area contributed by atoms with Gasteiger partial charge >= 0.3 is 0 Å². The minimum Gasteiger partial charge on any atom is -0.497 e. The molecular formula is C15H24N2O. The van der Waals surface area contributed by atoms with E-state index in [2.05, 4.69) is 29.7 Å². The lowest BCUT2D eigenvalue weighted by Crippen LogP contribution is -2.33. The highest BCUT2D eigenvalue weighted by Gasteiger charge is 2.16. The van der Waals surface area contributed by atoms with Gasteiger partial charge in [0.2, 0.25) is 0 Å². The summed E-state index contributed by atoms with van der Waals surface area (Å²) in [5.41, 5.74) is 1.31. The number of ether oxygens (including phenoxy) is 1. The average Bonchev–Trinajstić information content (AvgIpc) is 2.90. The van der Waals surface area contributed by atoms with Gasteiger partial charge in [0.15, 0.2) is 0 Å². The zero-order valence-corrected chi connectivity index (χ0v) is 11.4. The fraction of sp³-hybridized carbons (Fsp3) is 0.600. The van der Waals surface area contributed by atoms with E-state index in [-0.39, 0.29) is 0 Å². The first-order valence-corrected chi connectivity index (χ1v) is 6.87. The molecule has 0 radical (unpaired) electrons. The van der Waals surface area contributed by atoms with Crippen LogP contribution >= 0.6 is 0 Å². The quantitative estimate of drug-likeness (QED) is 0.810. The molecule has 2 atom stereocenters. The molecule has 1 aromatic rings. The number of rotatable bonds is 6. The topological polar surface area (TPSA) is 33.3 Å². The molecule has 0 amide bonds. The van der Waals surface area contributed by atoms with Gasteiger partial charge in [-0.2, -0.15) is 0 Å². The second kappa shape index (κ2) is 6.76. The summed E-state index contributed by atoms with van der Waals surface area (Å²) >= 11 is 0. The zero-order valence-electron chi connectivity index (χ0n) is 11.4. The van der Waals surface area contributed by atoms with Crippen molar-refractivity contribution in [3.05, 3.63) is 29.8 Å². The second-order valence-corrected chi connectivity index (χ2v) is 5.16. The molecular weight excluding hydrogens is 224 g/mol. The number of benzene rings is 1. The van der Waals surface area contributed by atoms with Crippen molar-refractivity contribution >= 4 is 0 Å². The molecule has 3 heteroatoms. The number of hydrogen-bond donors (Lipinski definition) is 2. The van der Waals surface area contributed by atoms with Gasteiger partial charge in [-0.25, -0.2) is 0 Å². The van der Waals surface area contributed by atoms with E-state index < -0.39 is 0 Å². The van der Waals surface area contributed by atoms with E-state index in [0.29, 0.717) is 12.1 Å². The van der Waals surface area contributed by atoms with E-state index in [1.807, 2.05) is 12.1 Å². The lowest BCUT2D eigenvalue weighted by molar-refractivity contribution is 0.414. The van der Waals surface area contributed by atoms with E-state index in [1.165, 1.54) is 31.4 Å². The molecule has 0 spiro atoms. The van der Waals surface area contributed by atoms with Gasteiger partial charge in [-0.15, -0.1) is 0 Å². The Morgan fingerprint density at radius 3 is 2.78 bits per heavy atom. The number of hydrogen-bond acceptors (Lipinski definition) is 3. The van der Waals surface area contributed by atoms with Crippen LogP contribution in [-0.4, -0.2) is 25.7 Å². The first kappa shape index (κ1) is 13.4. The van der Waals surface area contributed by atoms with E-state index >= 15 is 0 Å². The fourth-order valence-electron chi connectivity index (χ4n) is 2.50. The van der Waals surface area contributed by atoms with Crippen LogP contribution in [0.3, 0.4) is 0 Å². The maximum Gasteiger partial charge on any atom is 0.118 e. The van der Waals surface area contributed by atoms with Gasteiger partial charge < -0.3 is 15.4 Å². The largest absolute Gasteiger partial charge is 0.497 e. The van der Waals surface area contributed by atoms with E-state index in [1.54, 1.807) is 7.11 Å². The van der Waals surface area contributed by atoms with Crippen LogP contribution < -0.4 is 15.4 Å². The molecule has 100 valence electrons. The Balaban J connectivity index is 1.72. The van der Waals surface area contributed by atoms with Crippen LogP contribution in [0, 0.1) is 0 Å². The molecule has 1 fully saturated rings. The SMILES string of the molecule is COc1ccc(CNC(C)CC2CCCN2)cc1. The van der Waals surface area contributed by atoms with Gasteiger partial charge in [0.25, 0.3) is 0 Å². The lowest BCUT2D eigenvalue weighted by atomic mass is 10.1. The van der Waals surface area contributed by atoms with Crippen molar-refractivity contribution < 1.29 is 4.74 Å². The molecule has 1 aliphatic rings. The Morgan fingerprint density at radius 2 is 2.17 bits per heavy atom. The Labute approximate surface area is 110 Å². The minimum absolute atomic E-state index is 0.558. The summed E-state index contributed by atoms with van der Waals surface area (Å²) in [5, 5.41) is 7.13. The first-order chi connectivity index (χ1) is 8.78. The van der Waals surface area contributed by atoms with Crippen molar-refractivity contribution in [1.29, 1.82) is 0 Å². The summed E-state index contributed by atoms with van der Waals surface area (Å²) in [5.74, 6) is 0.918. The number of methoxy groups -OCH3 is 1. The summed E-state index contributed by atoms with van der Waals surface area (Å²) < 4.78 is 5.15. The summed E-state index contributed by atoms with van der Waals surface area (Å²) in [4.78, 5) is 0. The summed E-state index contributed by atoms with van der Waals surface area (Å²) in [6, 6.07) is 9.53. The van der Waals surface area contributed by atoms with Gasteiger partial charge in [-0.05, 0) is 50.4 Å².